The van der Waals surface area contributed by atoms with Gasteiger partial charge in [-0.15, -0.1) is 12.4 Å². The number of nitrogen functional groups attached to an aromatic ring is 1. The summed E-state index contributed by atoms with van der Waals surface area (Å²) in [5, 5.41) is 2.80. The van der Waals surface area contributed by atoms with Gasteiger partial charge < -0.3 is 15.8 Å². The Hall–Kier alpha value is -2.34. The number of nitrogens with two attached hydrogens (primary N) is 1. The highest BCUT2D eigenvalue weighted by atomic mass is 35.5. The Kier molecular flexibility index (Phi) is 5.23. The van der Waals surface area contributed by atoms with E-state index in [1.807, 2.05) is 13.8 Å². The van der Waals surface area contributed by atoms with Crippen molar-refractivity contribution < 1.29 is 18.3 Å². The van der Waals surface area contributed by atoms with Gasteiger partial charge in [-0.05, 0) is 44.2 Å². The molecule has 3 rings (SSSR count). The molecule has 0 fully saturated rings. The maximum Gasteiger partial charge on any atom is 0.254 e. The van der Waals surface area contributed by atoms with Gasteiger partial charge in [0.25, 0.3) is 5.91 Å². The lowest BCUT2D eigenvalue weighted by Gasteiger charge is -2.38. The normalized spacial score (nSPS) is 17.7. The summed E-state index contributed by atoms with van der Waals surface area (Å²) in [6.45, 7) is 3.81. The number of carbonyl (C=O) groups is 1. The number of ether oxygens (including phenoxy) is 1. The monoisotopic (exact) mass is 368 g/mol. The van der Waals surface area contributed by atoms with Crippen LogP contribution in [-0.4, -0.2) is 11.5 Å². The molecule has 1 amide bonds. The zero-order chi connectivity index (χ0) is 17.5. The fourth-order valence-electron chi connectivity index (χ4n) is 2.91. The van der Waals surface area contributed by atoms with Crippen molar-refractivity contribution in [3.05, 3.63) is 59.2 Å². The van der Waals surface area contributed by atoms with Crippen molar-refractivity contribution in [2.45, 2.75) is 31.9 Å². The highest BCUT2D eigenvalue weighted by molar-refractivity contribution is 5.94. The highest BCUT2D eigenvalue weighted by Crippen LogP contribution is 2.40. The first kappa shape index (κ1) is 19.0. The number of halogens is 3. The Balaban J connectivity index is 0.00000225. The van der Waals surface area contributed by atoms with Crippen molar-refractivity contribution in [3.63, 3.8) is 0 Å². The molecule has 2 aromatic rings. The van der Waals surface area contributed by atoms with Crippen molar-refractivity contribution in [2.24, 2.45) is 0 Å². The van der Waals surface area contributed by atoms with Crippen LogP contribution in [0.3, 0.4) is 0 Å². The zero-order valence-corrected chi connectivity index (χ0v) is 14.6. The van der Waals surface area contributed by atoms with Crippen LogP contribution in [0.2, 0.25) is 0 Å². The van der Waals surface area contributed by atoms with Crippen molar-refractivity contribution >= 4 is 24.0 Å². The van der Waals surface area contributed by atoms with Crippen molar-refractivity contribution in [1.29, 1.82) is 0 Å². The van der Waals surface area contributed by atoms with Crippen LogP contribution in [0.1, 0.15) is 42.2 Å². The predicted molar refractivity (Wildman–Crippen MR) is 94.0 cm³/mol. The second kappa shape index (κ2) is 6.88. The standard InChI is InChI=1S/C18H18F2N2O2.ClH/c1-18(2)9-15(13-8-11(21)4-6-16(13)24-18)22-17(23)12-5-3-10(19)7-14(12)20;/h3-8,15H,9,21H2,1-2H3,(H,22,23);1H. The summed E-state index contributed by atoms with van der Waals surface area (Å²) in [5.41, 5.74) is 6.41. The number of hydrogen-bond donors (Lipinski definition) is 2. The smallest absolute Gasteiger partial charge is 0.254 e. The third-order valence-electron chi connectivity index (χ3n) is 3.97. The molecule has 0 saturated carbocycles. The molecule has 0 saturated heterocycles. The Morgan fingerprint density at radius 2 is 1.96 bits per heavy atom. The Bertz CT molecular complexity index is 812. The van der Waals surface area contributed by atoms with Crippen LogP contribution in [0.25, 0.3) is 0 Å². The summed E-state index contributed by atoms with van der Waals surface area (Å²) in [5.74, 6) is -1.60. The number of amides is 1. The van der Waals surface area contributed by atoms with E-state index in [1.54, 1.807) is 18.2 Å². The number of carbonyl (C=O) groups excluding carboxylic acids is 1. The van der Waals surface area contributed by atoms with E-state index in [-0.39, 0.29) is 24.0 Å². The lowest BCUT2D eigenvalue weighted by molar-refractivity contribution is 0.0619. The van der Waals surface area contributed by atoms with E-state index in [1.165, 1.54) is 0 Å². The molecular weight excluding hydrogens is 350 g/mol. The minimum absolute atomic E-state index is 0. The van der Waals surface area contributed by atoms with Crippen LogP contribution in [0, 0.1) is 11.6 Å². The number of hydrogen-bond acceptors (Lipinski definition) is 3. The third-order valence-corrected chi connectivity index (χ3v) is 3.97. The van der Waals surface area contributed by atoms with Crippen LogP contribution in [-0.2, 0) is 0 Å². The maximum atomic E-state index is 13.8. The molecule has 4 nitrogen and oxygen atoms in total. The van der Waals surface area contributed by atoms with Crippen LogP contribution < -0.4 is 15.8 Å². The van der Waals surface area contributed by atoms with Gasteiger partial charge in [-0.1, -0.05) is 0 Å². The molecule has 134 valence electrons. The molecule has 0 radical (unpaired) electrons. The Morgan fingerprint density at radius 1 is 1.24 bits per heavy atom. The Labute approximate surface area is 150 Å². The first-order valence-corrected chi connectivity index (χ1v) is 7.59. The van der Waals surface area contributed by atoms with Crippen LogP contribution in [0.15, 0.2) is 36.4 Å². The van der Waals surface area contributed by atoms with Crippen molar-refractivity contribution in [3.8, 4) is 5.75 Å². The van der Waals surface area contributed by atoms with E-state index in [9.17, 15) is 13.6 Å². The lowest BCUT2D eigenvalue weighted by Crippen LogP contribution is -2.41. The minimum atomic E-state index is -0.897. The molecule has 25 heavy (non-hydrogen) atoms. The van der Waals surface area contributed by atoms with E-state index < -0.39 is 23.1 Å². The van der Waals surface area contributed by atoms with Crippen LogP contribution in [0.4, 0.5) is 14.5 Å². The lowest BCUT2D eigenvalue weighted by atomic mass is 9.89. The molecule has 1 aliphatic rings. The number of benzene rings is 2. The van der Waals surface area contributed by atoms with Gasteiger partial charge in [0.2, 0.25) is 0 Å². The molecule has 0 spiro atoms. The molecule has 7 heteroatoms. The van der Waals surface area contributed by atoms with Gasteiger partial charge in [-0.2, -0.15) is 0 Å². The van der Waals surface area contributed by atoms with Gasteiger partial charge in [0.05, 0.1) is 11.6 Å². The minimum Gasteiger partial charge on any atom is -0.487 e. The average Bonchev–Trinajstić information content (AvgIpc) is 2.47. The van der Waals surface area contributed by atoms with E-state index in [4.69, 9.17) is 10.5 Å². The van der Waals surface area contributed by atoms with E-state index >= 15 is 0 Å². The molecule has 0 aromatic heterocycles. The molecule has 0 bridgehead atoms. The second-order valence-corrected chi connectivity index (χ2v) is 6.51. The number of rotatable bonds is 2. The molecule has 1 aliphatic heterocycles. The van der Waals surface area contributed by atoms with Gasteiger partial charge in [0.15, 0.2) is 0 Å². The maximum absolute atomic E-state index is 13.8. The summed E-state index contributed by atoms with van der Waals surface area (Å²) in [4.78, 5) is 12.4. The SMILES string of the molecule is CC1(C)CC(NC(=O)c2ccc(F)cc2F)c2cc(N)ccc2O1.Cl. The molecule has 3 N–H and O–H groups in total. The molecule has 1 heterocycles. The molecule has 2 aromatic carbocycles. The van der Waals surface area contributed by atoms with Gasteiger partial charge in [-0.25, -0.2) is 8.78 Å². The van der Waals surface area contributed by atoms with Crippen molar-refractivity contribution in [1.82, 2.24) is 5.32 Å². The van der Waals surface area contributed by atoms with E-state index in [0.717, 1.165) is 17.7 Å². The van der Waals surface area contributed by atoms with Gasteiger partial charge >= 0.3 is 0 Å². The van der Waals surface area contributed by atoms with E-state index in [2.05, 4.69) is 5.32 Å². The number of anilines is 1. The fourth-order valence-corrected chi connectivity index (χ4v) is 2.91. The van der Waals surface area contributed by atoms with Gasteiger partial charge in [0.1, 0.15) is 23.0 Å². The summed E-state index contributed by atoms with van der Waals surface area (Å²) >= 11 is 0. The topological polar surface area (TPSA) is 64.4 Å². The summed E-state index contributed by atoms with van der Waals surface area (Å²) < 4.78 is 32.7. The number of nitrogens with one attached hydrogen (secondary N) is 1. The zero-order valence-electron chi connectivity index (χ0n) is 13.8. The summed E-state index contributed by atoms with van der Waals surface area (Å²) in [6, 6.07) is 7.69. The van der Waals surface area contributed by atoms with Gasteiger partial charge in [-0.3, -0.25) is 4.79 Å². The molecule has 0 aliphatic carbocycles. The highest BCUT2D eigenvalue weighted by Gasteiger charge is 2.35. The second-order valence-electron chi connectivity index (χ2n) is 6.51. The van der Waals surface area contributed by atoms with Crippen molar-refractivity contribution in [2.75, 3.05) is 5.73 Å². The average molecular weight is 369 g/mol. The van der Waals surface area contributed by atoms with Crippen LogP contribution in [0.5, 0.6) is 5.75 Å². The first-order valence-electron chi connectivity index (χ1n) is 7.59. The van der Waals surface area contributed by atoms with Gasteiger partial charge in [0, 0.05) is 23.7 Å². The Morgan fingerprint density at radius 3 is 2.64 bits per heavy atom. The van der Waals surface area contributed by atoms with E-state index in [0.29, 0.717) is 23.9 Å². The largest absolute Gasteiger partial charge is 0.487 e. The summed E-state index contributed by atoms with van der Waals surface area (Å²) in [6.07, 6.45) is 0.498. The number of fused-ring (bicyclic) bond motifs is 1. The third kappa shape index (κ3) is 4.02. The predicted octanol–water partition coefficient (Wildman–Crippen LogP) is 4.00. The molecule has 1 atom stereocenters. The molecular formula is C18H19ClF2N2O2. The van der Waals surface area contributed by atoms with Crippen LogP contribution >= 0.6 is 12.4 Å². The fraction of sp³-hybridized carbons (Fsp3) is 0.278. The summed E-state index contributed by atoms with van der Waals surface area (Å²) in [7, 11) is 0. The quantitative estimate of drug-likeness (QED) is 0.787. The molecule has 1 unspecified atom stereocenters. The first-order chi connectivity index (χ1) is 11.2.